The van der Waals surface area contributed by atoms with Crippen molar-refractivity contribution in [2.45, 2.75) is 37.9 Å². The van der Waals surface area contributed by atoms with Gasteiger partial charge in [-0.2, -0.15) is 18.3 Å². The van der Waals surface area contributed by atoms with Gasteiger partial charge in [0.05, 0.1) is 42.1 Å². The van der Waals surface area contributed by atoms with Crippen molar-refractivity contribution < 1.29 is 37.0 Å². The summed E-state index contributed by atoms with van der Waals surface area (Å²) >= 11 is 3.00. The first kappa shape index (κ1) is 23.8. The summed E-state index contributed by atoms with van der Waals surface area (Å²) in [5, 5.41) is 6.20. The van der Waals surface area contributed by atoms with E-state index in [0.717, 1.165) is 12.8 Å². The predicted octanol–water partition coefficient (Wildman–Crippen LogP) is 4.14. The van der Waals surface area contributed by atoms with Crippen molar-refractivity contribution in [2.75, 3.05) is 19.5 Å². The van der Waals surface area contributed by atoms with Gasteiger partial charge in [-0.15, -0.1) is 0 Å². The van der Waals surface area contributed by atoms with Gasteiger partial charge in [-0.25, -0.2) is 9.59 Å². The van der Waals surface area contributed by atoms with Crippen molar-refractivity contribution in [1.82, 2.24) is 9.78 Å². The van der Waals surface area contributed by atoms with E-state index in [2.05, 4.69) is 35.8 Å². The summed E-state index contributed by atoms with van der Waals surface area (Å²) < 4.78 is 50.0. The maximum absolute atomic E-state index is 13.2. The number of halogens is 4. The Bertz CT molecular complexity index is 1030. The molecule has 1 aliphatic rings. The highest BCUT2D eigenvalue weighted by molar-refractivity contribution is 9.10. The van der Waals surface area contributed by atoms with E-state index in [1.54, 1.807) is 0 Å². The average Bonchev–Trinajstić information content (AvgIpc) is 3.52. The third kappa shape index (κ3) is 5.29. The van der Waals surface area contributed by atoms with Crippen molar-refractivity contribution >= 4 is 39.5 Å². The molecule has 32 heavy (non-hydrogen) atoms. The van der Waals surface area contributed by atoms with Gasteiger partial charge in [0.25, 0.3) is 0 Å². The molecule has 2 aromatic rings. The SMILES string of the molecule is COC(=O)c1cc(NC(=O)CCn2nc(C(F)(F)F)c(Br)c2C2CC2)cc(C(=O)OC)c1. The Morgan fingerprint density at radius 3 is 2.16 bits per heavy atom. The quantitative estimate of drug-likeness (QED) is 0.554. The number of nitrogens with zero attached hydrogens (tertiary/aromatic N) is 2. The Kier molecular flexibility index (Phi) is 6.91. The van der Waals surface area contributed by atoms with Gasteiger partial charge in [0, 0.05) is 18.0 Å². The molecule has 1 aromatic heterocycles. The Morgan fingerprint density at radius 2 is 1.69 bits per heavy atom. The number of carbonyl (C=O) groups is 3. The number of rotatable bonds is 7. The molecule has 0 unspecified atom stereocenters. The van der Waals surface area contributed by atoms with Gasteiger partial charge >= 0.3 is 18.1 Å². The topological polar surface area (TPSA) is 99.5 Å². The number of anilines is 1. The predicted molar refractivity (Wildman–Crippen MR) is 109 cm³/mol. The first-order valence-corrected chi connectivity index (χ1v) is 10.3. The minimum absolute atomic E-state index is 0.0209. The molecule has 1 fully saturated rings. The van der Waals surface area contributed by atoms with Crippen molar-refractivity contribution in [2.24, 2.45) is 0 Å². The number of aromatic nitrogens is 2. The molecule has 1 heterocycles. The van der Waals surface area contributed by atoms with Crippen LogP contribution in [-0.4, -0.2) is 41.8 Å². The molecule has 0 radical (unpaired) electrons. The summed E-state index contributed by atoms with van der Waals surface area (Å²) in [5.41, 5.74) is -0.419. The highest BCUT2D eigenvalue weighted by Crippen LogP contribution is 2.47. The summed E-state index contributed by atoms with van der Waals surface area (Å²) in [6, 6.07) is 3.89. The van der Waals surface area contributed by atoms with E-state index in [0.29, 0.717) is 5.69 Å². The molecule has 0 spiro atoms. The Morgan fingerprint density at radius 1 is 1.12 bits per heavy atom. The molecule has 1 saturated carbocycles. The number of hydrogen-bond acceptors (Lipinski definition) is 6. The highest BCUT2D eigenvalue weighted by Gasteiger charge is 2.41. The molecule has 0 aliphatic heterocycles. The van der Waals surface area contributed by atoms with E-state index in [1.165, 1.54) is 37.1 Å². The van der Waals surface area contributed by atoms with Crippen LogP contribution in [0.2, 0.25) is 0 Å². The Balaban J connectivity index is 1.77. The van der Waals surface area contributed by atoms with Crippen molar-refractivity contribution in [3.63, 3.8) is 0 Å². The molecule has 1 amide bonds. The number of carbonyl (C=O) groups excluding carboxylic acids is 3. The largest absolute Gasteiger partial charge is 0.465 e. The van der Waals surface area contributed by atoms with Crippen LogP contribution in [0.5, 0.6) is 0 Å². The van der Waals surface area contributed by atoms with Crippen LogP contribution >= 0.6 is 15.9 Å². The first-order valence-electron chi connectivity index (χ1n) is 9.50. The van der Waals surface area contributed by atoms with Gasteiger partial charge in [-0.05, 0) is 47.0 Å². The smallest absolute Gasteiger partial charge is 0.436 e. The lowest BCUT2D eigenvalue weighted by Gasteiger charge is -2.10. The minimum Gasteiger partial charge on any atom is -0.465 e. The summed E-state index contributed by atoms with van der Waals surface area (Å²) in [7, 11) is 2.33. The third-order valence-corrected chi connectivity index (χ3v) is 5.56. The number of alkyl halides is 3. The molecule has 3 rings (SSSR count). The zero-order chi connectivity index (χ0) is 23.6. The van der Waals surface area contributed by atoms with Gasteiger partial charge in [-0.1, -0.05) is 0 Å². The van der Waals surface area contributed by atoms with E-state index in [9.17, 15) is 27.6 Å². The summed E-state index contributed by atoms with van der Waals surface area (Å²) in [6.07, 6.45) is -3.29. The van der Waals surface area contributed by atoms with Crippen LogP contribution in [-0.2, 0) is 27.0 Å². The summed E-state index contributed by atoms with van der Waals surface area (Å²) in [5.74, 6) is -2.01. The van der Waals surface area contributed by atoms with Gasteiger partial charge in [-0.3, -0.25) is 9.48 Å². The Hall–Kier alpha value is -2.89. The second-order valence-corrected chi connectivity index (χ2v) is 7.92. The maximum atomic E-state index is 13.2. The van der Waals surface area contributed by atoms with Gasteiger partial charge in [0.1, 0.15) is 0 Å². The second-order valence-electron chi connectivity index (χ2n) is 7.12. The van der Waals surface area contributed by atoms with Crippen LogP contribution < -0.4 is 5.32 Å². The number of benzene rings is 1. The molecule has 1 N–H and O–H groups in total. The fourth-order valence-electron chi connectivity index (χ4n) is 3.15. The summed E-state index contributed by atoms with van der Waals surface area (Å²) in [4.78, 5) is 36.2. The first-order chi connectivity index (χ1) is 15.0. The average molecular weight is 518 g/mol. The van der Waals surface area contributed by atoms with E-state index in [4.69, 9.17) is 0 Å². The minimum atomic E-state index is -4.62. The monoisotopic (exact) mass is 517 g/mol. The molecule has 1 aromatic carbocycles. The number of hydrogen-bond donors (Lipinski definition) is 1. The lowest BCUT2D eigenvalue weighted by molar-refractivity contribution is -0.142. The van der Waals surface area contributed by atoms with Crippen molar-refractivity contribution in [3.8, 4) is 0 Å². The van der Waals surface area contributed by atoms with Crippen LogP contribution in [0, 0.1) is 0 Å². The van der Waals surface area contributed by atoms with Crippen molar-refractivity contribution in [3.05, 3.63) is 45.2 Å². The number of esters is 2. The second kappa shape index (κ2) is 9.31. The highest BCUT2D eigenvalue weighted by atomic mass is 79.9. The Labute approximate surface area is 189 Å². The number of ether oxygens (including phenoxy) is 2. The van der Waals surface area contributed by atoms with E-state index >= 15 is 0 Å². The molecule has 0 bridgehead atoms. The van der Waals surface area contributed by atoms with Gasteiger partial charge < -0.3 is 14.8 Å². The molecule has 172 valence electrons. The fourth-order valence-corrected chi connectivity index (χ4v) is 3.99. The van der Waals surface area contributed by atoms with Crippen LogP contribution in [0.3, 0.4) is 0 Å². The standard InChI is InChI=1S/C20H19BrF3N3O5/c1-31-18(29)11-7-12(19(30)32-2)9-13(8-11)25-14(28)5-6-27-16(10-3-4-10)15(21)17(26-27)20(22,23)24/h7-10H,3-6H2,1-2H3,(H,25,28). The number of nitrogens with one attached hydrogen (secondary N) is 1. The lowest BCUT2D eigenvalue weighted by atomic mass is 10.1. The lowest BCUT2D eigenvalue weighted by Crippen LogP contribution is -2.17. The van der Waals surface area contributed by atoms with Crippen LogP contribution in [0.25, 0.3) is 0 Å². The molecular weight excluding hydrogens is 499 g/mol. The van der Waals surface area contributed by atoms with Gasteiger partial charge in [0.2, 0.25) is 5.91 Å². The molecular formula is C20H19BrF3N3O5. The molecule has 0 saturated heterocycles. The zero-order valence-electron chi connectivity index (χ0n) is 17.1. The van der Waals surface area contributed by atoms with E-state index in [-0.39, 0.29) is 40.2 Å². The third-order valence-electron chi connectivity index (χ3n) is 4.77. The normalized spacial score (nSPS) is 13.6. The van der Waals surface area contributed by atoms with Crippen molar-refractivity contribution in [1.29, 1.82) is 0 Å². The number of methoxy groups -OCH3 is 2. The van der Waals surface area contributed by atoms with Crippen LogP contribution in [0.1, 0.15) is 57.3 Å². The number of amides is 1. The zero-order valence-corrected chi connectivity index (χ0v) is 18.7. The van der Waals surface area contributed by atoms with Gasteiger partial charge in [0.15, 0.2) is 5.69 Å². The summed E-state index contributed by atoms with van der Waals surface area (Å²) in [6.45, 7) is -0.0765. The molecule has 1 aliphatic carbocycles. The van der Waals surface area contributed by atoms with Crippen LogP contribution in [0.15, 0.2) is 22.7 Å². The van der Waals surface area contributed by atoms with Crippen LogP contribution in [0.4, 0.5) is 18.9 Å². The molecule has 12 heteroatoms. The fraction of sp³-hybridized carbons (Fsp3) is 0.400. The maximum Gasteiger partial charge on any atom is 0.436 e. The molecule has 0 atom stereocenters. The number of aryl methyl sites for hydroxylation is 1. The van der Waals surface area contributed by atoms with E-state index in [1.807, 2.05) is 0 Å². The molecule has 8 nitrogen and oxygen atoms in total. The van der Waals surface area contributed by atoms with E-state index < -0.39 is 29.7 Å².